The summed E-state index contributed by atoms with van der Waals surface area (Å²) in [4.78, 5) is 33.2. The van der Waals surface area contributed by atoms with E-state index in [9.17, 15) is 27.6 Å². The molecule has 1 unspecified atom stereocenters. The number of carbonyl (C=O) groups excluding carboxylic acids is 2. The van der Waals surface area contributed by atoms with Gasteiger partial charge in [-0.25, -0.2) is 4.79 Å². The Morgan fingerprint density at radius 1 is 1.45 bits per heavy atom. The molecule has 3 amide bonds. The smallest absolute Gasteiger partial charge is 0.406 e. The van der Waals surface area contributed by atoms with Crippen LogP contribution in [0.25, 0.3) is 0 Å². The van der Waals surface area contributed by atoms with Gasteiger partial charge in [-0.2, -0.15) is 13.2 Å². The Labute approximate surface area is 112 Å². The number of amides is 3. The van der Waals surface area contributed by atoms with Crippen molar-refractivity contribution < 1.29 is 32.7 Å². The number of aliphatic carboxylic acids is 1. The molecule has 1 atom stereocenters. The minimum absolute atomic E-state index is 0.109. The summed E-state index contributed by atoms with van der Waals surface area (Å²) in [5, 5.41) is 13.3. The second-order valence-corrected chi connectivity index (χ2v) is 4.35. The highest BCUT2D eigenvalue weighted by molar-refractivity contribution is 5.81. The summed E-state index contributed by atoms with van der Waals surface area (Å²) in [7, 11) is 0. The summed E-state index contributed by atoms with van der Waals surface area (Å²) in [6, 6.07) is -1.63. The second kappa shape index (κ2) is 6.44. The third-order valence-corrected chi connectivity index (χ3v) is 2.58. The summed E-state index contributed by atoms with van der Waals surface area (Å²) < 4.78 is 36.8. The van der Waals surface area contributed by atoms with Crippen LogP contribution in [0.5, 0.6) is 0 Å². The van der Waals surface area contributed by atoms with Crippen LogP contribution in [0.15, 0.2) is 0 Å². The maximum Gasteiger partial charge on any atom is 0.406 e. The van der Waals surface area contributed by atoms with Crippen LogP contribution in [0.3, 0.4) is 0 Å². The highest BCUT2D eigenvalue weighted by Crippen LogP contribution is 2.16. The average molecular weight is 297 g/mol. The summed E-state index contributed by atoms with van der Waals surface area (Å²) in [5.74, 6) is -1.74. The van der Waals surface area contributed by atoms with Gasteiger partial charge in [0.2, 0.25) is 5.91 Å². The third kappa shape index (κ3) is 5.76. The number of carboxylic acid groups (broad SMARTS) is 1. The monoisotopic (exact) mass is 297 g/mol. The molecule has 0 aromatic rings. The maximum absolute atomic E-state index is 12.3. The fourth-order valence-corrected chi connectivity index (χ4v) is 1.70. The molecule has 1 aliphatic rings. The molecule has 1 aliphatic heterocycles. The van der Waals surface area contributed by atoms with Crippen molar-refractivity contribution in [3.05, 3.63) is 0 Å². The number of hydrogen-bond acceptors (Lipinski definition) is 3. The largest absolute Gasteiger partial charge is 0.480 e. The molecule has 10 heteroatoms. The predicted molar refractivity (Wildman–Crippen MR) is 59.8 cm³/mol. The topological polar surface area (TPSA) is 98.7 Å². The van der Waals surface area contributed by atoms with E-state index in [1.807, 2.05) is 0 Å². The standard InChI is InChI=1S/C10H14F3N3O4/c11-10(12,13)5-16(4-8(18)19)9(20)15-6-1-2-7(17)14-3-6/h6H,1-5H2,(H,14,17)(H,15,20)(H,18,19). The Hall–Kier alpha value is -2.00. The minimum Gasteiger partial charge on any atom is -0.480 e. The number of rotatable bonds is 4. The zero-order valence-electron chi connectivity index (χ0n) is 10.4. The van der Waals surface area contributed by atoms with E-state index in [1.54, 1.807) is 0 Å². The zero-order chi connectivity index (χ0) is 15.3. The van der Waals surface area contributed by atoms with Gasteiger partial charge in [0.15, 0.2) is 0 Å². The lowest BCUT2D eigenvalue weighted by Crippen LogP contribution is -2.54. The van der Waals surface area contributed by atoms with E-state index in [2.05, 4.69) is 10.6 Å². The van der Waals surface area contributed by atoms with Crippen LogP contribution in [-0.2, 0) is 9.59 Å². The van der Waals surface area contributed by atoms with Crippen molar-refractivity contribution in [3.8, 4) is 0 Å². The summed E-state index contributed by atoms with van der Waals surface area (Å²) in [6.07, 6.45) is -4.23. The van der Waals surface area contributed by atoms with Crippen molar-refractivity contribution >= 4 is 17.9 Å². The number of carboxylic acids is 1. The molecule has 0 spiro atoms. The molecule has 1 saturated heterocycles. The van der Waals surface area contributed by atoms with Gasteiger partial charge in [0, 0.05) is 19.0 Å². The first-order valence-electron chi connectivity index (χ1n) is 5.78. The van der Waals surface area contributed by atoms with Gasteiger partial charge < -0.3 is 20.6 Å². The van der Waals surface area contributed by atoms with Crippen molar-refractivity contribution in [2.45, 2.75) is 25.1 Å². The van der Waals surface area contributed by atoms with Crippen LogP contribution in [-0.4, -0.2) is 59.8 Å². The van der Waals surface area contributed by atoms with Crippen LogP contribution in [0, 0.1) is 0 Å². The van der Waals surface area contributed by atoms with Crippen molar-refractivity contribution in [3.63, 3.8) is 0 Å². The molecule has 1 heterocycles. The van der Waals surface area contributed by atoms with Gasteiger partial charge in [0.25, 0.3) is 0 Å². The fraction of sp³-hybridized carbons (Fsp3) is 0.700. The summed E-state index contributed by atoms with van der Waals surface area (Å²) in [5.41, 5.74) is 0. The number of alkyl halides is 3. The SMILES string of the molecule is O=C(O)CN(CC(F)(F)F)C(=O)NC1CCC(=O)NC1. The van der Waals surface area contributed by atoms with Gasteiger partial charge in [-0.3, -0.25) is 9.59 Å². The normalized spacial score (nSPS) is 19.1. The average Bonchev–Trinajstić information content (AvgIpc) is 2.29. The molecular formula is C10H14F3N3O4. The van der Waals surface area contributed by atoms with Gasteiger partial charge in [0.1, 0.15) is 13.1 Å². The Morgan fingerprint density at radius 3 is 2.55 bits per heavy atom. The highest BCUT2D eigenvalue weighted by atomic mass is 19.4. The molecule has 1 fully saturated rings. The van der Waals surface area contributed by atoms with E-state index >= 15 is 0 Å². The van der Waals surface area contributed by atoms with Crippen molar-refractivity contribution in [2.24, 2.45) is 0 Å². The number of urea groups is 1. The van der Waals surface area contributed by atoms with Gasteiger partial charge >= 0.3 is 18.2 Å². The predicted octanol–water partition coefficient (Wildman–Crippen LogP) is -0.0765. The number of piperidine rings is 1. The van der Waals surface area contributed by atoms with Gasteiger partial charge in [0.05, 0.1) is 0 Å². The lowest BCUT2D eigenvalue weighted by Gasteiger charge is -2.28. The number of nitrogens with zero attached hydrogens (tertiary/aromatic N) is 1. The van der Waals surface area contributed by atoms with Crippen molar-refractivity contribution in [2.75, 3.05) is 19.6 Å². The Balaban J connectivity index is 2.58. The molecule has 3 N–H and O–H groups in total. The zero-order valence-corrected chi connectivity index (χ0v) is 10.4. The molecule has 0 saturated carbocycles. The summed E-state index contributed by atoms with van der Waals surface area (Å²) in [6.45, 7) is -2.59. The number of hydrogen-bond donors (Lipinski definition) is 3. The van der Waals surface area contributed by atoms with Gasteiger partial charge in [-0.15, -0.1) is 0 Å². The Bertz CT molecular complexity index is 390. The lowest BCUT2D eigenvalue weighted by molar-refractivity contribution is -0.149. The van der Waals surface area contributed by atoms with Crippen LogP contribution in [0.4, 0.5) is 18.0 Å². The minimum atomic E-state index is -4.69. The number of nitrogens with one attached hydrogen (secondary N) is 2. The lowest BCUT2D eigenvalue weighted by atomic mass is 10.1. The van der Waals surface area contributed by atoms with E-state index in [-0.39, 0.29) is 23.8 Å². The quantitative estimate of drug-likeness (QED) is 0.676. The van der Waals surface area contributed by atoms with E-state index in [4.69, 9.17) is 5.11 Å². The Kier molecular flexibility index (Phi) is 5.17. The van der Waals surface area contributed by atoms with E-state index in [1.165, 1.54) is 0 Å². The summed E-state index contributed by atoms with van der Waals surface area (Å²) >= 11 is 0. The van der Waals surface area contributed by atoms with Crippen molar-refractivity contribution in [1.29, 1.82) is 0 Å². The molecule has 114 valence electrons. The van der Waals surface area contributed by atoms with Crippen LogP contribution in [0.1, 0.15) is 12.8 Å². The highest BCUT2D eigenvalue weighted by Gasteiger charge is 2.34. The Morgan fingerprint density at radius 2 is 2.10 bits per heavy atom. The van der Waals surface area contributed by atoms with Crippen LogP contribution < -0.4 is 10.6 Å². The van der Waals surface area contributed by atoms with Crippen molar-refractivity contribution in [1.82, 2.24) is 15.5 Å². The van der Waals surface area contributed by atoms with Crippen LogP contribution in [0.2, 0.25) is 0 Å². The first kappa shape index (κ1) is 16.1. The molecular weight excluding hydrogens is 283 g/mol. The van der Waals surface area contributed by atoms with E-state index < -0.39 is 37.3 Å². The van der Waals surface area contributed by atoms with E-state index in [0.717, 1.165) is 0 Å². The first-order chi connectivity index (χ1) is 9.17. The number of halogens is 3. The number of carbonyl (C=O) groups is 3. The van der Waals surface area contributed by atoms with Crippen LogP contribution >= 0.6 is 0 Å². The molecule has 7 nitrogen and oxygen atoms in total. The fourth-order valence-electron chi connectivity index (χ4n) is 1.70. The second-order valence-electron chi connectivity index (χ2n) is 4.35. The molecule has 0 bridgehead atoms. The van der Waals surface area contributed by atoms with Gasteiger partial charge in [-0.05, 0) is 6.42 Å². The van der Waals surface area contributed by atoms with Gasteiger partial charge in [-0.1, -0.05) is 0 Å². The third-order valence-electron chi connectivity index (χ3n) is 2.58. The molecule has 0 aromatic heterocycles. The molecule has 0 radical (unpaired) electrons. The molecule has 20 heavy (non-hydrogen) atoms. The molecule has 0 aromatic carbocycles. The van der Waals surface area contributed by atoms with E-state index in [0.29, 0.717) is 6.42 Å². The molecule has 0 aliphatic carbocycles. The first-order valence-corrected chi connectivity index (χ1v) is 5.78. The maximum atomic E-state index is 12.3. The molecule has 1 rings (SSSR count).